The first kappa shape index (κ1) is 21.2. The third-order valence-electron chi connectivity index (χ3n) is 5.51. The van der Waals surface area contributed by atoms with Crippen LogP contribution < -0.4 is 0 Å². The molecule has 1 amide bonds. The van der Waals surface area contributed by atoms with Crippen LogP contribution in [0.25, 0.3) is 11.0 Å². The fourth-order valence-electron chi connectivity index (χ4n) is 4.03. The monoisotopic (exact) mass is 445 g/mol. The summed E-state index contributed by atoms with van der Waals surface area (Å²) in [6.07, 6.45) is 2.17. The van der Waals surface area contributed by atoms with Crippen LogP contribution in [0.3, 0.4) is 0 Å². The number of para-hydroxylation sites is 2. The van der Waals surface area contributed by atoms with Crippen LogP contribution in [-0.4, -0.2) is 46.7 Å². The van der Waals surface area contributed by atoms with E-state index in [1.54, 1.807) is 6.07 Å². The molecule has 0 N–H and O–H groups in total. The molecule has 2 aromatic carbocycles. The number of benzene rings is 2. The van der Waals surface area contributed by atoms with Crippen LogP contribution in [0.1, 0.15) is 37.2 Å². The second-order valence-corrected chi connectivity index (χ2v) is 8.39. The lowest BCUT2D eigenvalue weighted by Crippen LogP contribution is -2.44. The van der Waals surface area contributed by atoms with Gasteiger partial charge in [-0.15, -0.1) is 0 Å². The standard InChI is InChI=1S/C23H25Cl2N3O2/c1-2-5-21(23(29)27-10-12-30-13-11-27)28-20-7-4-3-6-19(20)26-22(28)14-16-8-9-17(24)15-18(16)25/h3-4,6-9,15,21H,2,5,10-14H2,1H3/t21-/m0/s1. The molecule has 0 unspecified atom stereocenters. The number of halogens is 2. The molecule has 4 rings (SSSR count). The quantitative estimate of drug-likeness (QED) is 0.527. The number of carbonyl (C=O) groups excluding carboxylic acids is 1. The predicted molar refractivity (Wildman–Crippen MR) is 120 cm³/mol. The molecule has 1 fully saturated rings. The highest BCUT2D eigenvalue weighted by molar-refractivity contribution is 6.35. The summed E-state index contributed by atoms with van der Waals surface area (Å²) in [5.74, 6) is 0.965. The van der Waals surface area contributed by atoms with Gasteiger partial charge >= 0.3 is 0 Å². The third kappa shape index (κ3) is 4.34. The normalized spacial score (nSPS) is 15.5. The van der Waals surface area contributed by atoms with Gasteiger partial charge in [-0.1, -0.05) is 54.7 Å². The van der Waals surface area contributed by atoms with E-state index in [0.29, 0.717) is 42.8 Å². The predicted octanol–water partition coefficient (Wildman–Crippen LogP) is 5.13. The van der Waals surface area contributed by atoms with Crippen molar-refractivity contribution in [3.05, 3.63) is 63.9 Å². The van der Waals surface area contributed by atoms with Crippen molar-refractivity contribution < 1.29 is 9.53 Å². The summed E-state index contributed by atoms with van der Waals surface area (Å²) < 4.78 is 7.55. The molecule has 1 saturated heterocycles. The Morgan fingerprint density at radius 1 is 1.17 bits per heavy atom. The number of rotatable bonds is 6. The van der Waals surface area contributed by atoms with Crippen molar-refractivity contribution in [2.75, 3.05) is 26.3 Å². The van der Waals surface area contributed by atoms with E-state index >= 15 is 0 Å². The van der Waals surface area contributed by atoms with Crippen molar-refractivity contribution >= 4 is 40.1 Å². The van der Waals surface area contributed by atoms with Crippen molar-refractivity contribution in [3.8, 4) is 0 Å². The number of amides is 1. The highest BCUT2D eigenvalue weighted by Gasteiger charge is 2.30. The second kappa shape index (κ2) is 9.38. The van der Waals surface area contributed by atoms with Crippen molar-refractivity contribution in [2.24, 2.45) is 0 Å². The molecule has 158 valence electrons. The fraction of sp³-hybridized carbons (Fsp3) is 0.391. The number of morpholine rings is 1. The van der Waals surface area contributed by atoms with Gasteiger partial charge in [0.05, 0.1) is 24.2 Å². The van der Waals surface area contributed by atoms with Crippen LogP contribution in [0.15, 0.2) is 42.5 Å². The smallest absolute Gasteiger partial charge is 0.245 e. The van der Waals surface area contributed by atoms with Crippen molar-refractivity contribution in [1.82, 2.24) is 14.5 Å². The molecule has 1 aromatic heterocycles. The highest BCUT2D eigenvalue weighted by Crippen LogP contribution is 2.30. The van der Waals surface area contributed by atoms with Gasteiger partial charge in [0.15, 0.2) is 0 Å². The van der Waals surface area contributed by atoms with Gasteiger partial charge in [-0.3, -0.25) is 4.79 Å². The van der Waals surface area contributed by atoms with E-state index in [9.17, 15) is 4.79 Å². The minimum Gasteiger partial charge on any atom is -0.378 e. The number of hydrogen-bond acceptors (Lipinski definition) is 3. The second-order valence-electron chi connectivity index (χ2n) is 7.54. The molecule has 5 nitrogen and oxygen atoms in total. The molecule has 0 bridgehead atoms. The zero-order chi connectivity index (χ0) is 21.1. The molecule has 30 heavy (non-hydrogen) atoms. The topological polar surface area (TPSA) is 47.4 Å². The Morgan fingerprint density at radius 2 is 1.93 bits per heavy atom. The van der Waals surface area contributed by atoms with E-state index in [4.69, 9.17) is 32.9 Å². The summed E-state index contributed by atoms with van der Waals surface area (Å²) in [6, 6.07) is 13.2. The number of fused-ring (bicyclic) bond motifs is 1. The van der Waals surface area contributed by atoms with Gasteiger partial charge in [0.25, 0.3) is 0 Å². The van der Waals surface area contributed by atoms with Crippen LogP contribution in [0.5, 0.6) is 0 Å². The first-order valence-electron chi connectivity index (χ1n) is 10.3. The summed E-state index contributed by atoms with van der Waals surface area (Å²) in [5, 5.41) is 1.20. The molecule has 7 heteroatoms. The lowest BCUT2D eigenvalue weighted by Gasteiger charge is -2.31. The fourth-order valence-corrected chi connectivity index (χ4v) is 4.51. The molecule has 1 aliphatic rings. The average molecular weight is 446 g/mol. The van der Waals surface area contributed by atoms with E-state index < -0.39 is 0 Å². The number of hydrogen-bond donors (Lipinski definition) is 0. The van der Waals surface area contributed by atoms with Crippen molar-refractivity contribution in [1.29, 1.82) is 0 Å². The first-order valence-corrected chi connectivity index (χ1v) is 11.1. The SMILES string of the molecule is CCC[C@@H](C(=O)N1CCOCC1)n1c(Cc2ccc(Cl)cc2Cl)nc2ccccc21. The van der Waals surface area contributed by atoms with E-state index in [1.165, 1.54) is 0 Å². The lowest BCUT2D eigenvalue weighted by molar-refractivity contribution is -0.139. The molecule has 3 aromatic rings. The Morgan fingerprint density at radius 3 is 2.67 bits per heavy atom. The zero-order valence-electron chi connectivity index (χ0n) is 17.0. The Bertz CT molecular complexity index is 1040. The maximum atomic E-state index is 13.5. The molecular weight excluding hydrogens is 421 g/mol. The van der Waals surface area contributed by atoms with E-state index in [1.807, 2.05) is 41.3 Å². The summed E-state index contributed by atoms with van der Waals surface area (Å²) in [6.45, 7) is 4.54. The van der Waals surface area contributed by atoms with E-state index in [-0.39, 0.29) is 11.9 Å². The molecule has 0 saturated carbocycles. The molecule has 0 spiro atoms. The van der Waals surface area contributed by atoms with Gasteiger partial charge in [-0.2, -0.15) is 0 Å². The molecule has 0 aliphatic carbocycles. The van der Waals surface area contributed by atoms with E-state index in [0.717, 1.165) is 35.3 Å². The number of carbonyl (C=O) groups is 1. The molecule has 1 aliphatic heterocycles. The van der Waals surface area contributed by atoms with Crippen LogP contribution >= 0.6 is 23.2 Å². The van der Waals surface area contributed by atoms with Crippen molar-refractivity contribution in [2.45, 2.75) is 32.2 Å². The van der Waals surface area contributed by atoms with Gasteiger partial charge < -0.3 is 14.2 Å². The molecule has 0 radical (unpaired) electrons. The van der Waals surface area contributed by atoms with Gasteiger partial charge in [-0.25, -0.2) is 4.98 Å². The number of nitrogens with zero attached hydrogens (tertiary/aromatic N) is 3. The van der Waals surface area contributed by atoms with E-state index in [2.05, 4.69) is 11.5 Å². The van der Waals surface area contributed by atoms with Gasteiger partial charge in [-0.05, 0) is 36.2 Å². The van der Waals surface area contributed by atoms with Crippen molar-refractivity contribution in [3.63, 3.8) is 0 Å². The minimum absolute atomic E-state index is 0.131. The number of aromatic nitrogens is 2. The summed E-state index contributed by atoms with van der Waals surface area (Å²) in [7, 11) is 0. The summed E-state index contributed by atoms with van der Waals surface area (Å²) >= 11 is 12.5. The van der Waals surface area contributed by atoms with Crippen LogP contribution in [0, 0.1) is 0 Å². The summed E-state index contributed by atoms with van der Waals surface area (Å²) in [4.78, 5) is 20.3. The number of ether oxygens (including phenoxy) is 1. The van der Waals surface area contributed by atoms with Gasteiger partial charge in [0.1, 0.15) is 11.9 Å². The maximum absolute atomic E-state index is 13.5. The number of imidazole rings is 1. The average Bonchev–Trinajstić information content (AvgIpc) is 3.12. The Balaban J connectivity index is 1.78. The van der Waals surface area contributed by atoms with Crippen LogP contribution in [0.4, 0.5) is 0 Å². The van der Waals surface area contributed by atoms with Crippen LogP contribution in [0.2, 0.25) is 10.0 Å². The lowest BCUT2D eigenvalue weighted by atomic mass is 10.1. The summed E-state index contributed by atoms with van der Waals surface area (Å²) in [5.41, 5.74) is 2.79. The first-order chi connectivity index (χ1) is 14.6. The van der Waals surface area contributed by atoms with Crippen LogP contribution in [-0.2, 0) is 16.0 Å². The molecule has 2 heterocycles. The zero-order valence-corrected chi connectivity index (χ0v) is 18.5. The highest BCUT2D eigenvalue weighted by atomic mass is 35.5. The Kier molecular flexibility index (Phi) is 6.61. The largest absolute Gasteiger partial charge is 0.378 e. The van der Waals surface area contributed by atoms with Gasteiger partial charge in [0, 0.05) is 29.6 Å². The minimum atomic E-state index is -0.304. The molecule has 1 atom stereocenters. The third-order valence-corrected chi connectivity index (χ3v) is 6.10. The molecular formula is C23H25Cl2N3O2. The Hall–Kier alpha value is -2.08. The van der Waals surface area contributed by atoms with Gasteiger partial charge in [0.2, 0.25) is 5.91 Å². The Labute approximate surface area is 186 Å². The maximum Gasteiger partial charge on any atom is 0.245 e.